The Bertz CT molecular complexity index is 862. The number of hydrogen-bond donors (Lipinski definition) is 1. The minimum absolute atomic E-state index is 0.243. The molecule has 0 unspecified atom stereocenters. The van der Waals surface area contributed by atoms with Gasteiger partial charge in [0.1, 0.15) is 6.29 Å². The number of benzene rings is 2. The first-order valence-corrected chi connectivity index (χ1v) is 8.59. The van der Waals surface area contributed by atoms with E-state index in [0.29, 0.717) is 30.4 Å². The van der Waals surface area contributed by atoms with Gasteiger partial charge in [0.2, 0.25) is 0 Å². The second-order valence-electron chi connectivity index (χ2n) is 6.20. The lowest BCUT2D eigenvalue weighted by Crippen LogP contribution is -2.26. The molecule has 0 heterocycles. The first-order valence-electron chi connectivity index (χ1n) is 8.22. The summed E-state index contributed by atoms with van der Waals surface area (Å²) in [5.41, 5.74) is -0.575. The monoisotopic (exact) mass is 397 g/mol. The van der Waals surface area contributed by atoms with Gasteiger partial charge in [0, 0.05) is 16.8 Å². The van der Waals surface area contributed by atoms with Crippen molar-refractivity contribution in [2.45, 2.75) is 31.5 Å². The van der Waals surface area contributed by atoms with E-state index in [2.05, 4.69) is 5.32 Å². The highest BCUT2D eigenvalue weighted by molar-refractivity contribution is 6.32. The minimum Gasteiger partial charge on any atom is -0.488 e. The van der Waals surface area contributed by atoms with E-state index < -0.39 is 23.4 Å². The van der Waals surface area contributed by atoms with Gasteiger partial charge in [-0.3, -0.25) is 9.59 Å². The van der Waals surface area contributed by atoms with Gasteiger partial charge in [-0.25, -0.2) is 0 Å². The van der Waals surface area contributed by atoms with E-state index in [9.17, 15) is 22.8 Å². The fraction of sp³-hybridized carbons (Fsp3) is 0.263. The zero-order valence-electron chi connectivity index (χ0n) is 14.0. The van der Waals surface area contributed by atoms with Crippen molar-refractivity contribution in [3.8, 4) is 5.75 Å². The highest BCUT2D eigenvalue weighted by atomic mass is 35.5. The molecule has 1 aliphatic carbocycles. The lowest BCUT2D eigenvalue weighted by atomic mass is 9.96. The third-order valence-electron chi connectivity index (χ3n) is 4.25. The van der Waals surface area contributed by atoms with E-state index >= 15 is 0 Å². The number of halogens is 4. The summed E-state index contributed by atoms with van der Waals surface area (Å²) in [4.78, 5) is 23.0. The molecule has 27 heavy (non-hydrogen) atoms. The first kappa shape index (κ1) is 19.2. The van der Waals surface area contributed by atoms with E-state index in [-0.39, 0.29) is 16.7 Å². The van der Waals surface area contributed by atoms with Crippen molar-refractivity contribution >= 4 is 29.5 Å². The fourth-order valence-corrected chi connectivity index (χ4v) is 2.82. The molecular formula is C19H15ClF3NO3. The molecular weight excluding hydrogens is 383 g/mol. The summed E-state index contributed by atoms with van der Waals surface area (Å²) in [5, 5.41) is 2.21. The first-order chi connectivity index (χ1) is 12.8. The lowest BCUT2D eigenvalue weighted by Gasteiger charge is -2.28. The quantitative estimate of drug-likeness (QED) is 0.691. The third-order valence-corrected chi connectivity index (χ3v) is 4.53. The number of nitrogens with one attached hydrogen (secondary N) is 1. The largest absolute Gasteiger partial charge is 0.488 e. The number of carbonyl (C=O) groups excluding carboxylic acids is 2. The SMILES string of the molecule is O=Cc1ccc(NC(=O)c2cc(Cl)c(OC3CCC3)c(C(F)(F)F)c2)cc1. The number of carbonyl (C=O) groups is 2. The molecule has 1 N–H and O–H groups in total. The summed E-state index contributed by atoms with van der Waals surface area (Å²) in [7, 11) is 0. The number of anilines is 1. The molecule has 0 saturated heterocycles. The molecule has 1 aliphatic rings. The predicted octanol–water partition coefficient (Wildman–Crippen LogP) is 5.35. The van der Waals surface area contributed by atoms with Crippen LogP contribution >= 0.6 is 11.6 Å². The molecule has 0 aromatic heterocycles. The molecule has 4 nitrogen and oxygen atoms in total. The van der Waals surface area contributed by atoms with E-state index in [1.165, 1.54) is 24.3 Å². The van der Waals surface area contributed by atoms with Gasteiger partial charge in [0.25, 0.3) is 5.91 Å². The Morgan fingerprint density at radius 3 is 2.37 bits per heavy atom. The molecule has 2 aromatic rings. The highest BCUT2D eigenvalue weighted by Gasteiger charge is 2.38. The lowest BCUT2D eigenvalue weighted by molar-refractivity contribution is -0.139. The number of amides is 1. The molecule has 0 atom stereocenters. The number of ether oxygens (including phenoxy) is 1. The molecule has 0 bridgehead atoms. The summed E-state index contributed by atoms with van der Waals surface area (Å²) in [6.07, 6.45) is -2.13. The van der Waals surface area contributed by atoms with Crippen molar-refractivity contribution in [3.63, 3.8) is 0 Å². The second-order valence-corrected chi connectivity index (χ2v) is 6.60. The van der Waals surface area contributed by atoms with E-state index in [1.54, 1.807) is 0 Å². The van der Waals surface area contributed by atoms with E-state index in [0.717, 1.165) is 18.6 Å². The number of aldehydes is 1. The van der Waals surface area contributed by atoms with Crippen LogP contribution in [0.25, 0.3) is 0 Å². The predicted molar refractivity (Wildman–Crippen MR) is 94.5 cm³/mol. The van der Waals surface area contributed by atoms with Crippen molar-refractivity contribution in [1.29, 1.82) is 0 Å². The van der Waals surface area contributed by atoms with Crippen molar-refractivity contribution in [2.75, 3.05) is 5.32 Å². The standard InChI is InChI=1S/C19H15ClF3NO3/c20-16-9-12(18(26)24-13-6-4-11(10-25)5-7-13)8-15(19(21,22)23)17(16)27-14-2-1-3-14/h4-10,14H,1-3H2,(H,24,26). The van der Waals surface area contributed by atoms with Crippen LogP contribution in [0.5, 0.6) is 5.75 Å². The Hall–Kier alpha value is -2.54. The highest BCUT2D eigenvalue weighted by Crippen LogP contribution is 2.43. The maximum absolute atomic E-state index is 13.5. The Balaban J connectivity index is 1.88. The van der Waals surface area contributed by atoms with Crippen LogP contribution < -0.4 is 10.1 Å². The Morgan fingerprint density at radius 2 is 1.85 bits per heavy atom. The van der Waals surface area contributed by atoms with Gasteiger partial charge in [0.05, 0.1) is 16.7 Å². The third kappa shape index (κ3) is 4.42. The topological polar surface area (TPSA) is 55.4 Å². The van der Waals surface area contributed by atoms with Gasteiger partial charge in [-0.2, -0.15) is 13.2 Å². The summed E-state index contributed by atoms with van der Waals surface area (Å²) in [5.74, 6) is -1.20. The molecule has 8 heteroatoms. The molecule has 1 saturated carbocycles. The van der Waals surface area contributed by atoms with Crippen LogP contribution in [0.3, 0.4) is 0 Å². The zero-order chi connectivity index (χ0) is 19.6. The van der Waals surface area contributed by atoms with Crippen molar-refractivity contribution in [1.82, 2.24) is 0 Å². The van der Waals surface area contributed by atoms with Crippen molar-refractivity contribution in [3.05, 3.63) is 58.1 Å². The second kappa shape index (κ2) is 7.60. The summed E-state index contributed by atoms with van der Waals surface area (Å²) in [6.45, 7) is 0. The molecule has 142 valence electrons. The van der Waals surface area contributed by atoms with Crippen LogP contribution in [0.4, 0.5) is 18.9 Å². The molecule has 0 aliphatic heterocycles. The van der Waals surface area contributed by atoms with Crippen LogP contribution in [-0.2, 0) is 6.18 Å². The molecule has 1 amide bonds. The van der Waals surface area contributed by atoms with Gasteiger partial charge in [-0.1, -0.05) is 11.6 Å². The smallest absolute Gasteiger partial charge is 0.420 e. The average molecular weight is 398 g/mol. The van der Waals surface area contributed by atoms with Gasteiger partial charge in [-0.05, 0) is 55.7 Å². The molecule has 3 rings (SSSR count). The van der Waals surface area contributed by atoms with Gasteiger partial charge < -0.3 is 10.1 Å². The van der Waals surface area contributed by atoms with Crippen molar-refractivity contribution < 1.29 is 27.5 Å². The van der Waals surface area contributed by atoms with Crippen molar-refractivity contribution in [2.24, 2.45) is 0 Å². The van der Waals surface area contributed by atoms with Gasteiger partial charge in [-0.15, -0.1) is 0 Å². The molecule has 0 radical (unpaired) electrons. The van der Waals surface area contributed by atoms with E-state index in [4.69, 9.17) is 16.3 Å². The van der Waals surface area contributed by atoms with Crippen LogP contribution in [0.2, 0.25) is 5.02 Å². The molecule has 2 aromatic carbocycles. The van der Waals surface area contributed by atoms with Crippen LogP contribution in [0.1, 0.15) is 45.5 Å². The summed E-state index contributed by atoms with van der Waals surface area (Å²) >= 11 is 6.01. The minimum atomic E-state index is -4.72. The molecule has 1 fully saturated rings. The van der Waals surface area contributed by atoms with Gasteiger partial charge >= 0.3 is 6.18 Å². The normalized spacial score (nSPS) is 14.4. The maximum atomic E-state index is 13.5. The fourth-order valence-electron chi connectivity index (χ4n) is 2.56. The Morgan fingerprint density at radius 1 is 1.19 bits per heavy atom. The summed E-state index contributed by atoms with van der Waals surface area (Å²) < 4.78 is 45.8. The number of alkyl halides is 3. The van der Waals surface area contributed by atoms with Crippen LogP contribution in [0.15, 0.2) is 36.4 Å². The number of hydrogen-bond acceptors (Lipinski definition) is 3. The Kier molecular flexibility index (Phi) is 5.41. The number of rotatable bonds is 5. The Labute approximate surface area is 158 Å². The maximum Gasteiger partial charge on any atom is 0.420 e. The molecule has 0 spiro atoms. The van der Waals surface area contributed by atoms with Crippen LogP contribution in [0, 0.1) is 0 Å². The average Bonchev–Trinajstić information content (AvgIpc) is 2.58. The van der Waals surface area contributed by atoms with Gasteiger partial charge in [0.15, 0.2) is 5.75 Å². The van der Waals surface area contributed by atoms with Crippen LogP contribution in [-0.4, -0.2) is 18.3 Å². The summed E-state index contributed by atoms with van der Waals surface area (Å²) in [6, 6.07) is 7.79. The zero-order valence-corrected chi connectivity index (χ0v) is 14.7. The van der Waals surface area contributed by atoms with E-state index in [1.807, 2.05) is 0 Å².